The van der Waals surface area contributed by atoms with Crippen LogP contribution >= 0.6 is 11.6 Å². The van der Waals surface area contributed by atoms with Gasteiger partial charge in [0.25, 0.3) is 0 Å². The van der Waals surface area contributed by atoms with Crippen molar-refractivity contribution in [1.82, 2.24) is 14.5 Å². The van der Waals surface area contributed by atoms with Gasteiger partial charge in [-0.15, -0.1) is 0 Å². The van der Waals surface area contributed by atoms with Crippen molar-refractivity contribution in [3.63, 3.8) is 0 Å². The molecule has 0 radical (unpaired) electrons. The van der Waals surface area contributed by atoms with Gasteiger partial charge in [-0.1, -0.05) is 74.6 Å². The molecule has 1 unspecified atom stereocenters. The van der Waals surface area contributed by atoms with E-state index in [1.807, 2.05) is 60.0 Å². The first kappa shape index (κ1) is 34.0. The Morgan fingerprint density at radius 1 is 1.02 bits per heavy atom. The molecule has 1 N–H and O–H groups in total. The summed E-state index contributed by atoms with van der Waals surface area (Å²) in [5, 5.41) is 10.7. The lowest BCUT2D eigenvalue weighted by Crippen LogP contribution is -2.35. The monoisotopic (exact) mass is 698 g/mol. The van der Waals surface area contributed by atoms with Crippen LogP contribution in [0.25, 0.3) is 33.5 Å². The van der Waals surface area contributed by atoms with E-state index in [0.717, 1.165) is 29.2 Å². The zero-order chi connectivity index (χ0) is 33.3. The standard InChI is InChI=1S/C34H43ClN4O6SSi/c1-6-16-46(2,41)38-25-13-11-23(12-14-25)22-7-9-24(10-8-22)30-26(35)18-27-33(37-30)39(21-42-15-17-47(3,4)5)34(36-27)45-29-20-44-31-28(40)19-43-32(29)31/h7-14,18,28-29,31-32,40H,6,15-17,19-21H2,1-5H3/t28-,29-,31-,32-,46?/m1/s1. The van der Waals surface area contributed by atoms with Crippen LogP contribution in [0.3, 0.4) is 0 Å². The number of benzene rings is 2. The average Bonchev–Trinajstić information content (AvgIpc) is 3.69. The number of nitrogens with zero attached hydrogens (tertiary/aromatic N) is 4. The van der Waals surface area contributed by atoms with E-state index in [-0.39, 0.29) is 26.0 Å². The molecule has 2 fully saturated rings. The minimum absolute atomic E-state index is 0.211. The molecule has 2 saturated heterocycles. The molecule has 10 nitrogen and oxygen atoms in total. The first-order valence-electron chi connectivity index (χ1n) is 16.0. The maximum absolute atomic E-state index is 12.6. The predicted octanol–water partition coefficient (Wildman–Crippen LogP) is 6.78. The van der Waals surface area contributed by atoms with E-state index in [4.69, 9.17) is 40.5 Å². The third kappa shape index (κ3) is 7.91. The van der Waals surface area contributed by atoms with E-state index >= 15 is 0 Å². The first-order chi connectivity index (χ1) is 22.4. The van der Waals surface area contributed by atoms with Gasteiger partial charge in [0.1, 0.15) is 30.6 Å². The van der Waals surface area contributed by atoms with Gasteiger partial charge in [-0.05, 0) is 41.8 Å². The lowest BCUT2D eigenvalue weighted by molar-refractivity contribution is 0.00336. The molecule has 4 aromatic rings. The number of rotatable bonds is 12. The molecule has 2 aromatic carbocycles. The molecule has 0 saturated carbocycles. The van der Waals surface area contributed by atoms with Crippen molar-refractivity contribution in [3.05, 3.63) is 59.6 Å². The molecule has 4 heterocycles. The second kappa shape index (κ2) is 13.9. The number of ether oxygens (including phenoxy) is 4. The molecule has 0 bridgehead atoms. The predicted molar refractivity (Wildman–Crippen MR) is 189 cm³/mol. The highest BCUT2D eigenvalue weighted by Crippen LogP contribution is 2.35. The molecule has 2 aliphatic rings. The first-order valence-corrected chi connectivity index (χ1v) is 22.2. The van der Waals surface area contributed by atoms with Crippen LogP contribution in [0.5, 0.6) is 6.01 Å². The van der Waals surface area contributed by atoms with E-state index in [1.165, 1.54) is 0 Å². The van der Waals surface area contributed by atoms with Crippen molar-refractivity contribution < 1.29 is 28.3 Å². The van der Waals surface area contributed by atoms with Crippen molar-refractivity contribution >= 4 is 46.3 Å². The number of aliphatic hydroxyl groups excluding tert-OH is 1. The fraction of sp³-hybridized carbons (Fsp3) is 0.471. The van der Waals surface area contributed by atoms with Gasteiger partial charge in [0.05, 0.1) is 29.6 Å². The molecule has 0 amide bonds. The van der Waals surface area contributed by atoms with E-state index in [1.54, 1.807) is 12.3 Å². The Hall–Kier alpha value is -2.84. The molecule has 47 heavy (non-hydrogen) atoms. The summed E-state index contributed by atoms with van der Waals surface area (Å²) in [7, 11) is -3.52. The van der Waals surface area contributed by atoms with Gasteiger partial charge in [0.15, 0.2) is 11.8 Å². The molecule has 2 aromatic heterocycles. The maximum Gasteiger partial charge on any atom is 0.301 e. The molecule has 252 valence electrons. The molecule has 6 rings (SSSR count). The van der Waals surface area contributed by atoms with E-state index in [0.29, 0.717) is 45.9 Å². The van der Waals surface area contributed by atoms with Gasteiger partial charge < -0.3 is 24.1 Å². The summed E-state index contributed by atoms with van der Waals surface area (Å²) in [6, 6.07) is 19.0. The molecule has 0 spiro atoms. The van der Waals surface area contributed by atoms with Gasteiger partial charge in [-0.25, -0.2) is 9.19 Å². The van der Waals surface area contributed by atoms with Gasteiger partial charge in [-0.3, -0.25) is 4.57 Å². The van der Waals surface area contributed by atoms with E-state index in [2.05, 4.69) is 24.0 Å². The highest BCUT2D eigenvalue weighted by atomic mass is 35.5. The summed E-state index contributed by atoms with van der Waals surface area (Å²) >= 11 is 6.80. The lowest BCUT2D eigenvalue weighted by Gasteiger charge is -2.19. The number of aromatic nitrogens is 3. The van der Waals surface area contributed by atoms with E-state index < -0.39 is 36.1 Å². The zero-order valence-electron chi connectivity index (χ0n) is 27.5. The smallest absolute Gasteiger partial charge is 0.301 e. The fourth-order valence-electron chi connectivity index (χ4n) is 5.81. The zero-order valence-corrected chi connectivity index (χ0v) is 30.1. The minimum Gasteiger partial charge on any atom is -0.456 e. The normalized spacial score (nSPS) is 22.4. The molecular weight excluding hydrogens is 656 g/mol. The molecule has 2 aliphatic heterocycles. The van der Waals surface area contributed by atoms with E-state index in [9.17, 15) is 9.32 Å². The summed E-state index contributed by atoms with van der Waals surface area (Å²) in [5.41, 5.74) is 5.42. The van der Waals surface area contributed by atoms with Crippen LogP contribution in [0.15, 0.2) is 59.0 Å². The number of pyridine rings is 1. The summed E-state index contributed by atoms with van der Waals surface area (Å²) < 4.78 is 43.0. The molecular formula is C34H43ClN4O6SSi. The topological polar surface area (TPSA) is 117 Å². The van der Waals surface area contributed by atoms with Crippen molar-refractivity contribution in [2.24, 2.45) is 4.36 Å². The quantitative estimate of drug-likeness (QED) is 0.127. The Kier molecular flexibility index (Phi) is 10.1. The van der Waals surface area contributed by atoms with Crippen LogP contribution in [0.4, 0.5) is 5.69 Å². The minimum atomic E-state index is -2.23. The van der Waals surface area contributed by atoms with Crippen LogP contribution < -0.4 is 4.74 Å². The second-order valence-corrected chi connectivity index (χ2v) is 22.1. The van der Waals surface area contributed by atoms with Crippen molar-refractivity contribution in [3.8, 4) is 28.4 Å². The van der Waals surface area contributed by atoms with Crippen LogP contribution in [0, 0.1) is 0 Å². The van der Waals surface area contributed by atoms with Gasteiger partial charge in [0.2, 0.25) is 0 Å². The van der Waals surface area contributed by atoms with Gasteiger partial charge in [-0.2, -0.15) is 9.35 Å². The van der Waals surface area contributed by atoms with Crippen LogP contribution in [0.1, 0.15) is 13.3 Å². The highest BCUT2D eigenvalue weighted by molar-refractivity contribution is 7.93. The average molecular weight is 699 g/mol. The Balaban J connectivity index is 1.27. The summed E-state index contributed by atoms with van der Waals surface area (Å²) in [4.78, 5) is 9.73. The number of halogens is 1. The maximum atomic E-state index is 12.6. The Bertz CT molecular complexity index is 1840. The summed E-state index contributed by atoms with van der Waals surface area (Å²) in [6.07, 6.45) is 0.641. The van der Waals surface area contributed by atoms with Crippen molar-refractivity contribution in [2.75, 3.05) is 31.8 Å². The van der Waals surface area contributed by atoms with Crippen LogP contribution in [0.2, 0.25) is 30.7 Å². The fourth-order valence-corrected chi connectivity index (χ4v) is 8.24. The Morgan fingerprint density at radius 2 is 1.68 bits per heavy atom. The third-order valence-electron chi connectivity index (χ3n) is 8.33. The number of fused-ring (bicyclic) bond motifs is 2. The molecule has 5 atom stereocenters. The molecule has 0 aliphatic carbocycles. The molecule has 13 heteroatoms. The number of hydrogen-bond donors (Lipinski definition) is 1. The van der Waals surface area contributed by atoms with Crippen molar-refractivity contribution in [2.45, 2.75) is 70.2 Å². The Morgan fingerprint density at radius 3 is 2.36 bits per heavy atom. The van der Waals surface area contributed by atoms with Crippen LogP contribution in [-0.4, -0.2) is 88.2 Å². The SMILES string of the molecule is CCCS(C)(=O)=Nc1ccc(-c2ccc(-c3nc4c(cc3Cl)nc(O[C@@H]3CO[C@H]5[C@@H]3OC[C@H]5O)n4COCC[Si](C)(C)C)cc2)cc1. The number of hydrogen-bond acceptors (Lipinski definition) is 9. The number of imidazole rings is 1. The van der Waals surface area contributed by atoms with Gasteiger partial charge >= 0.3 is 6.01 Å². The Labute approximate surface area is 282 Å². The third-order valence-corrected chi connectivity index (χ3v) is 12.1. The summed E-state index contributed by atoms with van der Waals surface area (Å²) in [6.45, 7) is 10.3. The highest BCUT2D eigenvalue weighted by Gasteiger charge is 2.49. The second-order valence-electron chi connectivity index (χ2n) is 13.5. The van der Waals surface area contributed by atoms with Gasteiger partial charge in [0, 0.05) is 42.0 Å². The van der Waals surface area contributed by atoms with Crippen molar-refractivity contribution in [1.29, 1.82) is 0 Å². The lowest BCUT2D eigenvalue weighted by atomic mass is 10.0. The largest absolute Gasteiger partial charge is 0.456 e. The van der Waals surface area contributed by atoms with Crippen LogP contribution in [-0.2, 0) is 30.7 Å². The number of aliphatic hydroxyl groups is 1. The summed E-state index contributed by atoms with van der Waals surface area (Å²) in [5.74, 6) is 0.579.